The van der Waals surface area contributed by atoms with Crippen LogP contribution in [0.2, 0.25) is 0 Å². The zero-order valence-corrected chi connectivity index (χ0v) is 13.5. The monoisotopic (exact) mass is 354 g/mol. The summed E-state index contributed by atoms with van der Waals surface area (Å²) in [6.45, 7) is 0. The van der Waals surface area contributed by atoms with Crippen LogP contribution in [0.1, 0.15) is 31.2 Å². The molecule has 2 atom stereocenters. The van der Waals surface area contributed by atoms with E-state index in [1.54, 1.807) is 13.2 Å². The van der Waals surface area contributed by atoms with Crippen LogP contribution in [0.5, 0.6) is 5.75 Å². The predicted octanol–water partition coefficient (Wildman–Crippen LogP) is 3.88. The van der Waals surface area contributed by atoms with Crippen molar-refractivity contribution in [3.05, 3.63) is 34.3 Å². The van der Waals surface area contributed by atoms with Gasteiger partial charge in [0, 0.05) is 19.6 Å². The number of ether oxygens (including phenoxy) is 2. The summed E-state index contributed by atoms with van der Waals surface area (Å²) >= 11 is 3.48. The summed E-state index contributed by atoms with van der Waals surface area (Å²) in [5, 5.41) is 8.63. The van der Waals surface area contributed by atoms with Gasteiger partial charge in [-0.05, 0) is 59.0 Å². The van der Waals surface area contributed by atoms with Crippen molar-refractivity contribution >= 4 is 28.0 Å². The third kappa shape index (κ3) is 4.86. The van der Waals surface area contributed by atoms with E-state index in [4.69, 9.17) is 14.6 Å². The van der Waals surface area contributed by atoms with E-state index in [2.05, 4.69) is 15.9 Å². The Hall–Kier alpha value is -1.33. The number of hydrogen-bond donors (Lipinski definition) is 1. The van der Waals surface area contributed by atoms with Crippen LogP contribution in [-0.2, 0) is 9.53 Å². The molecule has 21 heavy (non-hydrogen) atoms. The Morgan fingerprint density at radius 3 is 2.81 bits per heavy atom. The lowest BCUT2D eigenvalue weighted by atomic mass is 9.95. The molecule has 4 nitrogen and oxygen atoms in total. The largest absolute Gasteiger partial charge is 0.489 e. The number of rotatable bonds is 5. The highest BCUT2D eigenvalue weighted by molar-refractivity contribution is 9.10. The van der Waals surface area contributed by atoms with Crippen LogP contribution in [-0.4, -0.2) is 30.4 Å². The minimum atomic E-state index is -0.959. The number of hydrogen-bond acceptors (Lipinski definition) is 3. The Kier molecular flexibility index (Phi) is 5.82. The highest BCUT2D eigenvalue weighted by Gasteiger charge is 2.23. The summed E-state index contributed by atoms with van der Waals surface area (Å²) in [7, 11) is 1.74. The van der Waals surface area contributed by atoms with Gasteiger partial charge in [0.25, 0.3) is 0 Å². The normalized spacial score (nSPS) is 22.4. The summed E-state index contributed by atoms with van der Waals surface area (Å²) in [6, 6.07) is 5.56. The Balaban J connectivity index is 2.02. The molecule has 0 bridgehead atoms. The predicted molar refractivity (Wildman–Crippen MR) is 84.5 cm³/mol. The lowest BCUT2D eigenvalue weighted by Crippen LogP contribution is -2.29. The second kappa shape index (κ2) is 7.61. The number of carboxylic acids is 1. The van der Waals surface area contributed by atoms with E-state index >= 15 is 0 Å². The molecule has 0 spiro atoms. The number of methoxy groups -OCH3 is 1. The smallest absolute Gasteiger partial charge is 0.328 e. The van der Waals surface area contributed by atoms with Crippen LogP contribution in [0.15, 0.2) is 28.7 Å². The Labute approximate surface area is 132 Å². The van der Waals surface area contributed by atoms with Crippen molar-refractivity contribution in [1.29, 1.82) is 0 Å². The lowest BCUT2D eigenvalue weighted by molar-refractivity contribution is -0.131. The van der Waals surface area contributed by atoms with Gasteiger partial charge in [0.1, 0.15) is 11.9 Å². The fourth-order valence-corrected chi connectivity index (χ4v) is 2.98. The molecule has 2 rings (SSSR count). The van der Waals surface area contributed by atoms with Crippen LogP contribution in [0.3, 0.4) is 0 Å². The first kappa shape index (κ1) is 16.0. The molecule has 1 saturated carbocycles. The van der Waals surface area contributed by atoms with E-state index in [1.165, 1.54) is 0 Å². The first-order valence-electron chi connectivity index (χ1n) is 6.98. The molecule has 1 aromatic carbocycles. The molecule has 0 radical (unpaired) electrons. The Morgan fingerprint density at radius 2 is 2.14 bits per heavy atom. The fraction of sp³-hybridized carbons (Fsp3) is 0.438. The zero-order valence-electron chi connectivity index (χ0n) is 11.9. The molecule has 1 fully saturated rings. The van der Waals surface area contributed by atoms with E-state index in [-0.39, 0.29) is 12.2 Å². The summed E-state index contributed by atoms with van der Waals surface area (Å²) < 4.78 is 12.3. The second-order valence-corrected chi connectivity index (χ2v) is 5.98. The van der Waals surface area contributed by atoms with Crippen molar-refractivity contribution in [2.24, 2.45) is 0 Å². The number of carbonyl (C=O) groups is 1. The van der Waals surface area contributed by atoms with Crippen LogP contribution in [0.25, 0.3) is 6.08 Å². The molecular weight excluding hydrogens is 336 g/mol. The molecule has 2 unspecified atom stereocenters. The molecule has 5 heteroatoms. The SMILES string of the molecule is COC1CCCC(Oc2ccc(C=CC(=O)O)cc2Br)C1. The van der Waals surface area contributed by atoms with Gasteiger partial charge < -0.3 is 14.6 Å². The van der Waals surface area contributed by atoms with E-state index < -0.39 is 5.97 Å². The van der Waals surface area contributed by atoms with Crippen molar-refractivity contribution in [1.82, 2.24) is 0 Å². The van der Waals surface area contributed by atoms with E-state index in [9.17, 15) is 4.79 Å². The zero-order chi connectivity index (χ0) is 15.2. The van der Waals surface area contributed by atoms with Gasteiger partial charge >= 0.3 is 5.97 Å². The minimum Gasteiger partial charge on any atom is -0.489 e. The summed E-state index contributed by atoms with van der Waals surface area (Å²) in [5.74, 6) is -0.177. The van der Waals surface area contributed by atoms with Gasteiger partial charge in [-0.2, -0.15) is 0 Å². The highest BCUT2D eigenvalue weighted by atomic mass is 79.9. The first-order valence-corrected chi connectivity index (χ1v) is 7.78. The van der Waals surface area contributed by atoms with Gasteiger partial charge in [-0.1, -0.05) is 6.07 Å². The quantitative estimate of drug-likeness (QED) is 0.815. The van der Waals surface area contributed by atoms with Crippen molar-refractivity contribution < 1.29 is 19.4 Å². The molecule has 1 aliphatic rings. The fourth-order valence-electron chi connectivity index (χ4n) is 2.49. The van der Waals surface area contributed by atoms with E-state index in [0.29, 0.717) is 0 Å². The van der Waals surface area contributed by atoms with E-state index in [1.807, 2.05) is 18.2 Å². The molecule has 0 aliphatic heterocycles. The van der Waals surface area contributed by atoms with Gasteiger partial charge in [0.05, 0.1) is 10.6 Å². The van der Waals surface area contributed by atoms with Gasteiger partial charge in [-0.15, -0.1) is 0 Å². The van der Waals surface area contributed by atoms with Crippen molar-refractivity contribution in [2.45, 2.75) is 37.9 Å². The second-order valence-electron chi connectivity index (χ2n) is 5.13. The topological polar surface area (TPSA) is 55.8 Å². The van der Waals surface area contributed by atoms with Crippen molar-refractivity contribution in [3.63, 3.8) is 0 Å². The first-order chi connectivity index (χ1) is 10.1. The van der Waals surface area contributed by atoms with Crippen LogP contribution < -0.4 is 4.74 Å². The number of halogens is 1. The average Bonchev–Trinajstić information content (AvgIpc) is 2.48. The summed E-state index contributed by atoms with van der Waals surface area (Å²) in [5.41, 5.74) is 0.815. The minimum absolute atomic E-state index is 0.167. The maximum Gasteiger partial charge on any atom is 0.328 e. The van der Waals surface area contributed by atoms with Crippen molar-refractivity contribution in [3.8, 4) is 5.75 Å². The molecule has 0 heterocycles. The number of aliphatic carboxylic acids is 1. The van der Waals surface area contributed by atoms with Crippen LogP contribution >= 0.6 is 15.9 Å². The Morgan fingerprint density at radius 1 is 1.38 bits per heavy atom. The average molecular weight is 355 g/mol. The van der Waals surface area contributed by atoms with Crippen LogP contribution in [0.4, 0.5) is 0 Å². The Bertz CT molecular complexity index is 527. The summed E-state index contributed by atoms with van der Waals surface area (Å²) in [6.07, 6.45) is 7.26. The molecule has 1 aromatic rings. The number of benzene rings is 1. The third-order valence-corrected chi connectivity index (χ3v) is 4.20. The maximum atomic E-state index is 10.5. The molecule has 1 aliphatic carbocycles. The third-order valence-electron chi connectivity index (χ3n) is 3.58. The molecule has 0 aromatic heterocycles. The number of carboxylic acid groups (broad SMARTS) is 1. The molecule has 0 saturated heterocycles. The van der Waals surface area contributed by atoms with Gasteiger partial charge in [-0.3, -0.25) is 0 Å². The maximum absolute atomic E-state index is 10.5. The lowest BCUT2D eigenvalue weighted by Gasteiger charge is -2.29. The van der Waals surface area contributed by atoms with Crippen molar-refractivity contribution in [2.75, 3.05) is 7.11 Å². The molecule has 114 valence electrons. The molecule has 0 amide bonds. The summed E-state index contributed by atoms with van der Waals surface area (Å²) in [4.78, 5) is 10.5. The molecule has 1 N–H and O–H groups in total. The van der Waals surface area contributed by atoms with Gasteiger partial charge in [0.2, 0.25) is 0 Å². The van der Waals surface area contributed by atoms with Gasteiger partial charge in [-0.25, -0.2) is 4.79 Å². The van der Waals surface area contributed by atoms with E-state index in [0.717, 1.165) is 47.5 Å². The highest BCUT2D eigenvalue weighted by Crippen LogP contribution is 2.31. The van der Waals surface area contributed by atoms with Gasteiger partial charge in [0.15, 0.2) is 0 Å². The van der Waals surface area contributed by atoms with Crippen LogP contribution in [0, 0.1) is 0 Å². The molecular formula is C16H19BrO4. The standard InChI is InChI=1S/C16H19BrO4/c1-20-12-3-2-4-13(10-12)21-15-7-5-11(9-14(15)17)6-8-16(18)19/h5-9,12-13H,2-4,10H2,1H3,(H,18,19).